The van der Waals surface area contributed by atoms with Gasteiger partial charge in [-0.2, -0.15) is 0 Å². The maximum absolute atomic E-state index is 14.1. The molecule has 1 saturated carbocycles. The normalized spacial score (nSPS) is 18.6. The highest BCUT2D eigenvalue weighted by atomic mass is 32.1. The molecule has 1 fully saturated rings. The maximum atomic E-state index is 14.1. The Labute approximate surface area is 157 Å². The average Bonchev–Trinajstić information content (AvgIpc) is 3.28. The van der Waals surface area contributed by atoms with Crippen molar-refractivity contribution in [3.8, 4) is 0 Å². The molecule has 4 nitrogen and oxygen atoms in total. The third-order valence-corrected chi connectivity index (χ3v) is 5.52. The molecule has 2 heterocycles. The largest absolute Gasteiger partial charge is 0.355 e. The molecule has 1 aliphatic carbocycles. The summed E-state index contributed by atoms with van der Waals surface area (Å²) in [5.41, 5.74) is 0.582. The predicted molar refractivity (Wildman–Crippen MR) is 91.8 cm³/mol. The quantitative estimate of drug-likeness (QED) is 0.459. The Morgan fingerprint density at radius 1 is 1.22 bits per heavy atom. The Morgan fingerprint density at radius 3 is 2.52 bits per heavy atom. The van der Waals surface area contributed by atoms with Crippen LogP contribution in [0.4, 0.5) is 17.6 Å². The van der Waals surface area contributed by atoms with Gasteiger partial charge < -0.3 is 14.9 Å². The number of imidazole rings is 1. The van der Waals surface area contributed by atoms with Crippen LogP contribution in [0.2, 0.25) is 0 Å². The van der Waals surface area contributed by atoms with Crippen molar-refractivity contribution < 1.29 is 22.4 Å². The summed E-state index contributed by atoms with van der Waals surface area (Å²) in [6, 6.07) is 0.200. The molecule has 0 spiro atoms. The highest BCUT2D eigenvalue weighted by Gasteiger charge is 2.33. The first-order chi connectivity index (χ1) is 12.8. The summed E-state index contributed by atoms with van der Waals surface area (Å²) in [5.74, 6) is -6.04. The summed E-state index contributed by atoms with van der Waals surface area (Å²) < 4.78 is 57.3. The molecule has 1 amide bonds. The molecule has 1 aromatic carbocycles. The van der Waals surface area contributed by atoms with E-state index in [1.807, 2.05) is 0 Å². The number of fused-ring (bicyclic) bond motifs is 1. The molecule has 2 aliphatic rings. The summed E-state index contributed by atoms with van der Waals surface area (Å²) in [4.78, 5) is 15.1. The lowest BCUT2D eigenvalue weighted by molar-refractivity contribution is -0.120. The Morgan fingerprint density at radius 2 is 1.89 bits per heavy atom. The van der Waals surface area contributed by atoms with Gasteiger partial charge in [0.15, 0.2) is 28.0 Å². The average molecular weight is 399 g/mol. The highest BCUT2D eigenvalue weighted by molar-refractivity contribution is 7.71. The number of halogens is 4. The first-order valence-electron chi connectivity index (χ1n) is 8.75. The molecule has 27 heavy (non-hydrogen) atoms. The number of carbonyl (C=O) groups excluding carboxylic acids is 1. The molecular weight excluding hydrogens is 382 g/mol. The lowest BCUT2D eigenvalue weighted by Gasteiger charge is -2.13. The Bertz CT molecular complexity index is 954. The lowest BCUT2D eigenvalue weighted by Crippen LogP contribution is -2.27. The fraction of sp³-hybridized carbons (Fsp3) is 0.444. The van der Waals surface area contributed by atoms with Gasteiger partial charge in [0.1, 0.15) is 0 Å². The molecular formula is C18H17F4N3OS. The second kappa shape index (κ2) is 6.78. The zero-order valence-electron chi connectivity index (χ0n) is 14.3. The minimum absolute atomic E-state index is 0.0634. The highest BCUT2D eigenvalue weighted by Crippen LogP contribution is 2.36. The van der Waals surface area contributed by atoms with Crippen molar-refractivity contribution in [2.75, 3.05) is 6.54 Å². The number of aromatic amines is 1. The third kappa shape index (κ3) is 3.40. The first-order valence-corrected chi connectivity index (χ1v) is 9.16. The van der Waals surface area contributed by atoms with E-state index in [0.29, 0.717) is 28.6 Å². The number of nitrogens with zero attached hydrogens (tertiary/aromatic N) is 1. The number of carbonyl (C=O) groups is 1. The topological polar surface area (TPSA) is 49.8 Å². The van der Waals surface area contributed by atoms with Crippen molar-refractivity contribution in [3.63, 3.8) is 0 Å². The van der Waals surface area contributed by atoms with E-state index in [0.717, 1.165) is 12.8 Å². The minimum Gasteiger partial charge on any atom is -0.355 e. The summed E-state index contributed by atoms with van der Waals surface area (Å²) in [6.07, 6.45) is 2.43. The summed E-state index contributed by atoms with van der Waals surface area (Å²) in [6.45, 7) is 0.725. The van der Waals surface area contributed by atoms with Gasteiger partial charge in [0.05, 0.1) is 6.42 Å². The zero-order valence-corrected chi connectivity index (χ0v) is 15.1. The fourth-order valence-corrected chi connectivity index (χ4v) is 3.90. The van der Waals surface area contributed by atoms with Crippen molar-refractivity contribution in [3.05, 3.63) is 51.1 Å². The SMILES string of the molecule is O=C(Cc1[nH]c(=S)n2c1C[C@H](c1c(F)c(F)cc(F)c1F)C2)NCC1CC1. The van der Waals surface area contributed by atoms with Gasteiger partial charge in [-0.25, -0.2) is 17.6 Å². The standard InChI is InChI=1S/C18H17F4N3OS/c19-10-4-11(20)17(22)15(16(10)21)9-3-13-12(24-18(27)25(13)7-9)5-14(26)23-6-8-1-2-8/h4,8-9H,1-3,5-7H2,(H,23,26)(H,24,27)/t9-/m0/s1. The molecule has 1 aromatic heterocycles. The van der Waals surface area contributed by atoms with Crippen LogP contribution in [-0.2, 0) is 24.2 Å². The summed E-state index contributed by atoms with van der Waals surface area (Å²) in [7, 11) is 0. The van der Waals surface area contributed by atoms with Gasteiger partial charge in [0.25, 0.3) is 0 Å². The maximum Gasteiger partial charge on any atom is 0.226 e. The molecule has 0 unspecified atom stereocenters. The number of nitrogens with one attached hydrogen (secondary N) is 2. The van der Waals surface area contributed by atoms with Gasteiger partial charge in [-0.15, -0.1) is 0 Å². The van der Waals surface area contributed by atoms with Crippen LogP contribution >= 0.6 is 12.2 Å². The van der Waals surface area contributed by atoms with Gasteiger partial charge in [0, 0.05) is 42.0 Å². The van der Waals surface area contributed by atoms with Gasteiger partial charge >= 0.3 is 0 Å². The van der Waals surface area contributed by atoms with Crippen LogP contribution in [0.15, 0.2) is 6.07 Å². The molecule has 9 heteroatoms. The molecule has 2 N–H and O–H groups in total. The molecule has 2 aromatic rings. The van der Waals surface area contributed by atoms with Crippen LogP contribution in [-0.4, -0.2) is 22.0 Å². The smallest absolute Gasteiger partial charge is 0.226 e. The lowest BCUT2D eigenvalue weighted by atomic mass is 9.94. The minimum atomic E-state index is -1.43. The molecule has 144 valence electrons. The van der Waals surface area contributed by atoms with Crippen LogP contribution in [0, 0.1) is 34.0 Å². The van der Waals surface area contributed by atoms with Crippen molar-refractivity contribution in [1.82, 2.24) is 14.9 Å². The molecule has 4 rings (SSSR count). The summed E-state index contributed by atoms with van der Waals surface area (Å²) in [5, 5.41) is 2.85. The Hall–Kier alpha value is -2.16. The van der Waals surface area contributed by atoms with Crippen molar-refractivity contribution in [2.24, 2.45) is 5.92 Å². The number of aromatic nitrogens is 2. The van der Waals surface area contributed by atoms with Gasteiger partial charge in [-0.05, 0) is 37.4 Å². The number of benzene rings is 1. The molecule has 1 aliphatic heterocycles. The summed E-state index contributed by atoms with van der Waals surface area (Å²) >= 11 is 5.23. The van der Waals surface area contributed by atoms with Gasteiger partial charge in [-0.1, -0.05) is 0 Å². The van der Waals surface area contributed by atoms with Crippen LogP contribution in [0.25, 0.3) is 0 Å². The Kier molecular flexibility index (Phi) is 4.57. The van der Waals surface area contributed by atoms with E-state index in [1.54, 1.807) is 4.57 Å². The molecule has 0 saturated heterocycles. The van der Waals surface area contributed by atoms with Gasteiger partial charge in [0.2, 0.25) is 5.91 Å². The second-order valence-electron chi connectivity index (χ2n) is 7.17. The number of hydrogen-bond acceptors (Lipinski definition) is 2. The van der Waals surface area contributed by atoms with Crippen molar-refractivity contribution in [2.45, 2.75) is 38.1 Å². The van der Waals surface area contributed by atoms with Crippen molar-refractivity contribution in [1.29, 1.82) is 0 Å². The molecule has 1 atom stereocenters. The monoisotopic (exact) mass is 399 g/mol. The van der Waals surface area contributed by atoms with E-state index in [4.69, 9.17) is 12.2 Å². The first kappa shape index (κ1) is 18.2. The number of H-pyrrole nitrogens is 1. The van der Waals surface area contributed by atoms with Crippen molar-refractivity contribution >= 4 is 18.1 Å². The van der Waals surface area contributed by atoms with Crippen LogP contribution in [0.5, 0.6) is 0 Å². The van der Waals surface area contributed by atoms with E-state index < -0.39 is 34.8 Å². The van der Waals surface area contributed by atoms with E-state index in [1.165, 1.54) is 0 Å². The second-order valence-corrected chi connectivity index (χ2v) is 7.56. The van der Waals surface area contributed by atoms with E-state index in [-0.39, 0.29) is 31.4 Å². The Balaban J connectivity index is 1.57. The van der Waals surface area contributed by atoms with E-state index in [9.17, 15) is 22.4 Å². The molecule has 0 radical (unpaired) electrons. The third-order valence-electron chi connectivity index (χ3n) is 5.20. The van der Waals surface area contributed by atoms with E-state index in [2.05, 4.69) is 10.3 Å². The van der Waals surface area contributed by atoms with Crippen LogP contribution in [0.3, 0.4) is 0 Å². The molecule has 0 bridgehead atoms. The van der Waals surface area contributed by atoms with Gasteiger partial charge in [-0.3, -0.25) is 4.79 Å². The van der Waals surface area contributed by atoms with Crippen LogP contribution in [0.1, 0.15) is 35.7 Å². The zero-order chi connectivity index (χ0) is 19.3. The van der Waals surface area contributed by atoms with E-state index >= 15 is 0 Å². The number of amides is 1. The number of hydrogen-bond donors (Lipinski definition) is 2. The number of rotatable bonds is 5. The van der Waals surface area contributed by atoms with Crippen LogP contribution < -0.4 is 5.32 Å². The predicted octanol–water partition coefficient (Wildman–Crippen LogP) is 3.51. The fourth-order valence-electron chi connectivity index (χ4n) is 3.59.